The molecule has 22 heavy (non-hydrogen) atoms. The van der Waals surface area contributed by atoms with Crippen molar-refractivity contribution < 1.29 is 9.53 Å². The molecular formula is C16H19N3O2S. The smallest absolute Gasteiger partial charge is 0.321 e. The first-order valence-electron chi connectivity index (χ1n) is 7.31. The van der Waals surface area contributed by atoms with Gasteiger partial charge in [0.25, 0.3) is 5.19 Å². The van der Waals surface area contributed by atoms with E-state index in [1.807, 2.05) is 30.5 Å². The number of ether oxygens (including phenoxy) is 1. The highest BCUT2D eigenvalue weighted by atomic mass is 32.1. The highest BCUT2D eigenvalue weighted by Crippen LogP contribution is 2.21. The van der Waals surface area contributed by atoms with E-state index in [0.29, 0.717) is 18.3 Å². The fourth-order valence-corrected chi connectivity index (χ4v) is 2.99. The number of anilines is 1. The molecule has 2 aromatic rings. The summed E-state index contributed by atoms with van der Waals surface area (Å²) in [6.07, 6.45) is 2.58. The molecule has 1 aromatic carbocycles. The van der Waals surface area contributed by atoms with Crippen LogP contribution < -0.4 is 10.1 Å². The molecule has 5 nitrogen and oxygen atoms in total. The van der Waals surface area contributed by atoms with Gasteiger partial charge in [-0.3, -0.25) is 0 Å². The minimum atomic E-state index is -0.0755. The lowest BCUT2D eigenvalue weighted by Crippen LogP contribution is -2.34. The van der Waals surface area contributed by atoms with Gasteiger partial charge in [-0.25, -0.2) is 9.78 Å². The Morgan fingerprint density at radius 3 is 3.00 bits per heavy atom. The lowest BCUT2D eigenvalue weighted by atomic mass is 10.1. The van der Waals surface area contributed by atoms with Gasteiger partial charge < -0.3 is 15.0 Å². The number of thiazole rings is 1. The third-order valence-corrected chi connectivity index (χ3v) is 4.53. The average molecular weight is 317 g/mol. The van der Waals surface area contributed by atoms with Crippen molar-refractivity contribution in [3.8, 4) is 5.19 Å². The average Bonchev–Trinajstić information content (AvgIpc) is 3.15. The Balaban J connectivity index is 1.55. The van der Waals surface area contributed by atoms with Gasteiger partial charge >= 0.3 is 6.03 Å². The fourth-order valence-electron chi connectivity index (χ4n) is 2.44. The van der Waals surface area contributed by atoms with Gasteiger partial charge in [0, 0.05) is 30.2 Å². The van der Waals surface area contributed by atoms with Crippen LogP contribution in [0.4, 0.5) is 10.5 Å². The van der Waals surface area contributed by atoms with E-state index in [9.17, 15) is 4.79 Å². The largest absolute Gasteiger partial charge is 0.465 e. The minimum absolute atomic E-state index is 0.0247. The molecule has 1 aliphatic heterocycles. The van der Waals surface area contributed by atoms with Gasteiger partial charge in [0.05, 0.1) is 6.54 Å². The molecule has 0 spiro atoms. The summed E-state index contributed by atoms with van der Waals surface area (Å²) in [7, 11) is 0. The fraction of sp³-hybridized carbons (Fsp3) is 0.375. The molecule has 1 aromatic heterocycles. The van der Waals surface area contributed by atoms with Gasteiger partial charge in [-0.05, 0) is 37.1 Å². The molecule has 3 rings (SSSR count). The summed E-state index contributed by atoms with van der Waals surface area (Å²) in [5.41, 5.74) is 3.22. The number of hydrogen-bond donors (Lipinski definition) is 1. The van der Waals surface area contributed by atoms with E-state index >= 15 is 0 Å². The van der Waals surface area contributed by atoms with Gasteiger partial charge in [0.2, 0.25) is 0 Å². The van der Waals surface area contributed by atoms with Gasteiger partial charge in [-0.1, -0.05) is 17.4 Å². The predicted octanol–water partition coefficient (Wildman–Crippen LogP) is 3.45. The van der Waals surface area contributed by atoms with Crippen LogP contribution in [-0.4, -0.2) is 35.1 Å². The number of likely N-dealkylation sites (tertiary alicyclic amines) is 1. The number of rotatable bonds is 3. The SMILES string of the molecule is Cc1ccc(NC(=O)N2CCC(Oc3nccs3)C2)cc1C. The van der Waals surface area contributed by atoms with Crippen molar-refractivity contribution in [2.45, 2.75) is 26.4 Å². The first kappa shape index (κ1) is 14.8. The van der Waals surface area contributed by atoms with Crippen LogP contribution in [0, 0.1) is 13.8 Å². The molecule has 2 heterocycles. The summed E-state index contributed by atoms with van der Waals surface area (Å²) >= 11 is 1.47. The summed E-state index contributed by atoms with van der Waals surface area (Å²) < 4.78 is 5.77. The van der Waals surface area contributed by atoms with Crippen LogP contribution in [-0.2, 0) is 0 Å². The number of benzene rings is 1. The number of amides is 2. The molecule has 1 aliphatic rings. The molecule has 1 unspecified atom stereocenters. The molecule has 1 saturated heterocycles. The number of carbonyl (C=O) groups is 1. The van der Waals surface area contributed by atoms with Crippen molar-refractivity contribution in [3.05, 3.63) is 40.9 Å². The zero-order valence-electron chi connectivity index (χ0n) is 12.7. The van der Waals surface area contributed by atoms with E-state index in [1.165, 1.54) is 22.5 Å². The Kier molecular flexibility index (Phi) is 4.29. The summed E-state index contributed by atoms with van der Waals surface area (Å²) in [5, 5.41) is 5.50. The number of nitrogens with one attached hydrogen (secondary N) is 1. The standard InChI is InChI=1S/C16H19N3O2S/c1-11-3-4-13(9-12(11)2)18-15(20)19-7-5-14(10-19)21-16-17-6-8-22-16/h3-4,6,8-9,14H,5,7,10H2,1-2H3,(H,18,20). The van der Waals surface area contributed by atoms with Crippen molar-refractivity contribution in [2.75, 3.05) is 18.4 Å². The van der Waals surface area contributed by atoms with E-state index in [-0.39, 0.29) is 12.1 Å². The van der Waals surface area contributed by atoms with Gasteiger partial charge in [0.1, 0.15) is 6.10 Å². The van der Waals surface area contributed by atoms with Crippen molar-refractivity contribution >= 4 is 23.1 Å². The summed E-state index contributed by atoms with van der Waals surface area (Å²) in [5.74, 6) is 0. The van der Waals surface area contributed by atoms with Crippen LogP contribution >= 0.6 is 11.3 Å². The molecule has 0 radical (unpaired) electrons. The van der Waals surface area contributed by atoms with Crippen molar-refractivity contribution in [1.29, 1.82) is 0 Å². The number of aromatic nitrogens is 1. The Bertz CT molecular complexity index is 657. The molecule has 1 N–H and O–H groups in total. The molecule has 116 valence electrons. The normalized spacial score (nSPS) is 17.5. The van der Waals surface area contributed by atoms with Gasteiger partial charge in [0.15, 0.2) is 0 Å². The van der Waals surface area contributed by atoms with Crippen LogP contribution in [0.15, 0.2) is 29.8 Å². The number of urea groups is 1. The second-order valence-electron chi connectivity index (χ2n) is 5.50. The van der Waals surface area contributed by atoms with Crippen LogP contribution in [0.2, 0.25) is 0 Å². The minimum Gasteiger partial charge on any atom is -0.465 e. The zero-order valence-corrected chi connectivity index (χ0v) is 13.5. The molecule has 2 amide bonds. The molecule has 6 heteroatoms. The third-order valence-electron chi connectivity index (χ3n) is 3.87. The predicted molar refractivity (Wildman–Crippen MR) is 87.7 cm³/mol. The number of carbonyl (C=O) groups excluding carboxylic acids is 1. The maximum atomic E-state index is 12.3. The van der Waals surface area contributed by atoms with E-state index in [0.717, 1.165) is 12.1 Å². The molecular weight excluding hydrogens is 298 g/mol. The number of nitrogens with zero attached hydrogens (tertiary/aromatic N) is 2. The lowest BCUT2D eigenvalue weighted by Gasteiger charge is -2.17. The lowest BCUT2D eigenvalue weighted by molar-refractivity contribution is 0.194. The highest BCUT2D eigenvalue weighted by molar-refractivity contribution is 7.11. The maximum absolute atomic E-state index is 12.3. The van der Waals surface area contributed by atoms with Gasteiger partial charge in [-0.2, -0.15) is 0 Å². The second kappa shape index (κ2) is 6.36. The summed E-state index contributed by atoms with van der Waals surface area (Å²) in [4.78, 5) is 18.2. The first-order valence-corrected chi connectivity index (χ1v) is 8.19. The summed E-state index contributed by atoms with van der Waals surface area (Å²) in [6.45, 7) is 5.39. The summed E-state index contributed by atoms with van der Waals surface area (Å²) in [6, 6.07) is 5.87. The maximum Gasteiger partial charge on any atom is 0.321 e. The van der Waals surface area contributed by atoms with Crippen molar-refractivity contribution in [3.63, 3.8) is 0 Å². The van der Waals surface area contributed by atoms with Gasteiger partial charge in [-0.15, -0.1) is 0 Å². The van der Waals surface area contributed by atoms with Crippen LogP contribution in [0.3, 0.4) is 0 Å². The van der Waals surface area contributed by atoms with Crippen LogP contribution in [0.5, 0.6) is 5.19 Å². The molecule has 1 atom stereocenters. The topological polar surface area (TPSA) is 54.5 Å². The Morgan fingerprint density at radius 1 is 1.41 bits per heavy atom. The third kappa shape index (κ3) is 3.39. The quantitative estimate of drug-likeness (QED) is 0.943. The molecule has 0 saturated carbocycles. The highest BCUT2D eigenvalue weighted by Gasteiger charge is 2.28. The Hall–Kier alpha value is -2.08. The number of aryl methyl sites for hydroxylation is 2. The van der Waals surface area contributed by atoms with Crippen LogP contribution in [0.25, 0.3) is 0 Å². The van der Waals surface area contributed by atoms with E-state index in [1.54, 1.807) is 11.1 Å². The molecule has 0 bridgehead atoms. The van der Waals surface area contributed by atoms with E-state index in [4.69, 9.17) is 4.74 Å². The van der Waals surface area contributed by atoms with Crippen molar-refractivity contribution in [2.24, 2.45) is 0 Å². The Morgan fingerprint density at radius 2 is 2.27 bits per heavy atom. The molecule has 1 fully saturated rings. The monoisotopic (exact) mass is 317 g/mol. The Labute approximate surface area is 133 Å². The second-order valence-corrected chi connectivity index (χ2v) is 6.36. The first-order chi connectivity index (χ1) is 10.6. The van der Waals surface area contributed by atoms with Crippen molar-refractivity contribution in [1.82, 2.24) is 9.88 Å². The van der Waals surface area contributed by atoms with E-state index < -0.39 is 0 Å². The zero-order chi connectivity index (χ0) is 15.5. The number of hydrogen-bond acceptors (Lipinski definition) is 4. The molecule has 0 aliphatic carbocycles. The van der Waals surface area contributed by atoms with Crippen LogP contribution in [0.1, 0.15) is 17.5 Å². The van der Waals surface area contributed by atoms with E-state index in [2.05, 4.69) is 17.2 Å².